The predicted octanol–water partition coefficient (Wildman–Crippen LogP) is 2.93. The van der Waals surface area contributed by atoms with Gasteiger partial charge in [-0.05, 0) is 42.5 Å². The molecule has 0 saturated carbocycles. The molecule has 2 aromatic carbocycles. The minimum atomic E-state index is -4.73. The first-order chi connectivity index (χ1) is 11.8. The largest absolute Gasteiger partial charge is 0.573 e. The van der Waals surface area contributed by atoms with Gasteiger partial charge in [0.1, 0.15) is 18.3 Å². The number of aliphatic imine (C=N–C) groups is 1. The summed E-state index contributed by atoms with van der Waals surface area (Å²) in [5, 5.41) is 6.06. The summed E-state index contributed by atoms with van der Waals surface area (Å²) in [4.78, 5) is 15.5. The average molecular weight is 350 g/mol. The summed E-state index contributed by atoms with van der Waals surface area (Å²) in [6.45, 7) is 0.285. The van der Waals surface area contributed by atoms with Crippen LogP contribution in [0.2, 0.25) is 0 Å². The van der Waals surface area contributed by atoms with Crippen molar-refractivity contribution in [3.8, 4) is 5.75 Å². The summed E-state index contributed by atoms with van der Waals surface area (Å²) in [5.41, 5.74) is 7.56. The maximum absolute atomic E-state index is 12.2. The second-order valence-electron chi connectivity index (χ2n) is 5.16. The van der Waals surface area contributed by atoms with Gasteiger partial charge in [0, 0.05) is 22.5 Å². The average Bonchev–Trinajstić information content (AvgIpc) is 2.55. The first-order valence-corrected chi connectivity index (χ1v) is 7.17. The molecule has 130 valence electrons. The van der Waals surface area contributed by atoms with Crippen LogP contribution in [0.15, 0.2) is 47.5 Å². The number of halogens is 3. The number of carbonyl (C=O) groups excluding carboxylic acids is 1. The van der Waals surface area contributed by atoms with E-state index in [1.165, 1.54) is 24.3 Å². The Hall–Kier alpha value is -3.23. The first kappa shape index (κ1) is 16.6. The number of hydrogen-bond donors (Lipinski definition) is 3. The van der Waals surface area contributed by atoms with E-state index in [-0.39, 0.29) is 12.4 Å². The SMILES string of the molecule is NC(=O)c1ccc2c(c1)NCN=C2Nc1ccc(OC(F)(F)F)cc1. The molecule has 9 heteroatoms. The number of amides is 1. The van der Waals surface area contributed by atoms with Crippen molar-refractivity contribution in [2.45, 2.75) is 6.36 Å². The van der Waals surface area contributed by atoms with Crippen LogP contribution in [0.25, 0.3) is 0 Å². The lowest BCUT2D eigenvalue weighted by Gasteiger charge is -2.20. The molecule has 3 rings (SSSR count). The smallest absolute Gasteiger partial charge is 0.406 e. The maximum Gasteiger partial charge on any atom is 0.573 e. The van der Waals surface area contributed by atoms with Crippen LogP contribution >= 0.6 is 0 Å². The highest BCUT2D eigenvalue weighted by Crippen LogP contribution is 2.26. The van der Waals surface area contributed by atoms with E-state index in [1.807, 2.05) is 0 Å². The summed E-state index contributed by atoms with van der Waals surface area (Å²) in [6, 6.07) is 10.2. The van der Waals surface area contributed by atoms with Crippen LogP contribution in [-0.4, -0.2) is 24.8 Å². The van der Waals surface area contributed by atoms with Crippen molar-refractivity contribution in [2.75, 3.05) is 17.3 Å². The Labute approximate surface area is 140 Å². The molecule has 0 fully saturated rings. The molecule has 0 bridgehead atoms. The van der Waals surface area contributed by atoms with Gasteiger partial charge >= 0.3 is 6.36 Å². The summed E-state index contributed by atoms with van der Waals surface area (Å²) in [6.07, 6.45) is -4.73. The number of amidine groups is 1. The molecule has 1 aliphatic heterocycles. The molecule has 0 atom stereocenters. The molecule has 1 aliphatic rings. The van der Waals surface area contributed by atoms with Gasteiger partial charge < -0.3 is 21.1 Å². The van der Waals surface area contributed by atoms with Crippen LogP contribution in [0.3, 0.4) is 0 Å². The molecule has 1 amide bonds. The fraction of sp³-hybridized carbons (Fsp3) is 0.125. The number of benzene rings is 2. The molecular formula is C16H13F3N4O2. The number of nitrogens with one attached hydrogen (secondary N) is 2. The van der Waals surface area contributed by atoms with Gasteiger partial charge in [-0.1, -0.05) is 0 Å². The molecule has 0 aromatic heterocycles. The maximum atomic E-state index is 12.2. The number of anilines is 2. The summed E-state index contributed by atoms with van der Waals surface area (Å²) >= 11 is 0. The second-order valence-corrected chi connectivity index (χ2v) is 5.16. The van der Waals surface area contributed by atoms with E-state index in [1.54, 1.807) is 18.2 Å². The predicted molar refractivity (Wildman–Crippen MR) is 86.7 cm³/mol. The summed E-state index contributed by atoms with van der Waals surface area (Å²) in [5.74, 6) is -0.326. The lowest BCUT2D eigenvalue weighted by atomic mass is 10.1. The Morgan fingerprint density at radius 3 is 2.56 bits per heavy atom. The lowest BCUT2D eigenvalue weighted by Crippen LogP contribution is -2.23. The van der Waals surface area contributed by atoms with Crippen LogP contribution in [0, 0.1) is 0 Å². The fourth-order valence-electron chi connectivity index (χ4n) is 2.32. The molecule has 25 heavy (non-hydrogen) atoms. The molecule has 0 aliphatic carbocycles. The van der Waals surface area contributed by atoms with E-state index in [0.717, 1.165) is 0 Å². The third kappa shape index (κ3) is 4.00. The number of rotatable bonds is 3. The van der Waals surface area contributed by atoms with E-state index >= 15 is 0 Å². The van der Waals surface area contributed by atoms with Gasteiger partial charge in [0.25, 0.3) is 0 Å². The van der Waals surface area contributed by atoms with Crippen molar-refractivity contribution in [1.82, 2.24) is 0 Å². The van der Waals surface area contributed by atoms with Crippen molar-refractivity contribution in [1.29, 1.82) is 0 Å². The minimum Gasteiger partial charge on any atom is -0.406 e. The minimum absolute atomic E-state index is 0.285. The fourth-order valence-corrected chi connectivity index (χ4v) is 2.32. The first-order valence-electron chi connectivity index (χ1n) is 7.17. The molecule has 2 aromatic rings. The van der Waals surface area contributed by atoms with E-state index in [0.29, 0.717) is 28.3 Å². The normalized spacial score (nSPS) is 13.3. The van der Waals surface area contributed by atoms with Crippen LogP contribution in [0.1, 0.15) is 15.9 Å². The van der Waals surface area contributed by atoms with Crippen LogP contribution < -0.4 is 21.1 Å². The van der Waals surface area contributed by atoms with Gasteiger partial charge in [-0.15, -0.1) is 13.2 Å². The number of fused-ring (bicyclic) bond motifs is 1. The molecule has 6 nitrogen and oxygen atoms in total. The molecule has 4 N–H and O–H groups in total. The van der Waals surface area contributed by atoms with Gasteiger partial charge in [0.15, 0.2) is 0 Å². The number of ether oxygens (including phenoxy) is 1. The third-order valence-electron chi connectivity index (χ3n) is 3.42. The highest BCUT2D eigenvalue weighted by atomic mass is 19.4. The van der Waals surface area contributed by atoms with Gasteiger partial charge in [-0.2, -0.15) is 0 Å². The number of carbonyl (C=O) groups is 1. The highest BCUT2D eigenvalue weighted by molar-refractivity contribution is 6.13. The Bertz CT molecular complexity index is 832. The third-order valence-corrected chi connectivity index (χ3v) is 3.42. The molecule has 1 heterocycles. The standard InChI is InChI=1S/C16H13F3N4O2/c17-16(18,19)25-11-4-2-10(3-5-11)23-15-12-6-1-9(14(20)24)7-13(12)21-8-22-15/h1-7,21H,8H2,(H2,20,24)(H,22,23). The Morgan fingerprint density at radius 1 is 1.20 bits per heavy atom. The number of primary amides is 1. The van der Waals surface area contributed by atoms with Gasteiger partial charge in [-0.25, -0.2) is 4.99 Å². The van der Waals surface area contributed by atoms with E-state index in [9.17, 15) is 18.0 Å². The monoisotopic (exact) mass is 350 g/mol. The molecule has 0 radical (unpaired) electrons. The van der Waals surface area contributed by atoms with Crippen LogP contribution in [0.4, 0.5) is 24.5 Å². The van der Waals surface area contributed by atoms with Crippen molar-refractivity contribution < 1.29 is 22.7 Å². The number of hydrogen-bond acceptors (Lipinski definition) is 5. The van der Waals surface area contributed by atoms with Gasteiger partial charge in [-0.3, -0.25) is 4.79 Å². The van der Waals surface area contributed by atoms with Crippen LogP contribution in [-0.2, 0) is 0 Å². The summed E-state index contributed by atoms with van der Waals surface area (Å²) < 4.78 is 40.3. The van der Waals surface area contributed by atoms with Crippen molar-refractivity contribution >= 4 is 23.1 Å². The summed E-state index contributed by atoms with van der Waals surface area (Å²) in [7, 11) is 0. The van der Waals surface area contributed by atoms with Crippen molar-refractivity contribution in [3.63, 3.8) is 0 Å². The Morgan fingerprint density at radius 2 is 1.92 bits per heavy atom. The number of nitrogens with two attached hydrogens (primary N) is 1. The number of nitrogens with zero attached hydrogens (tertiary/aromatic N) is 1. The second kappa shape index (κ2) is 6.34. The highest BCUT2D eigenvalue weighted by Gasteiger charge is 2.31. The Balaban J connectivity index is 1.78. The van der Waals surface area contributed by atoms with E-state index < -0.39 is 12.3 Å². The molecule has 0 spiro atoms. The number of alkyl halides is 3. The zero-order valence-corrected chi connectivity index (χ0v) is 12.7. The van der Waals surface area contributed by atoms with E-state index in [2.05, 4.69) is 20.4 Å². The van der Waals surface area contributed by atoms with E-state index in [4.69, 9.17) is 5.73 Å². The topological polar surface area (TPSA) is 88.7 Å². The van der Waals surface area contributed by atoms with Gasteiger partial charge in [0.2, 0.25) is 5.91 Å². The van der Waals surface area contributed by atoms with Crippen molar-refractivity contribution in [2.24, 2.45) is 10.7 Å². The Kier molecular flexibility index (Phi) is 4.22. The molecular weight excluding hydrogens is 337 g/mol. The quantitative estimate of drug-likeness (QED) is 0.794. The van der Waals surface area contributed by atoms with Gasteiger partial charge in [0.05, 0.1) is 0 Å². The molecule has 0 saturated heterocycles. The molecule has 0 unspecified atom stereocenters. The van der Waals surface area contributed by atoms with Crippen molar-refractivity contribution in [3.05, 3.63) is 53.6 Å². The zero-order chi connectivity index (χ0) is 18.0. The zero-order valence-electron chi connectivity index (χ0n) is 12.7. The lowest BCUT2D eigenvalue weighted by molar-refractivity contribution is -0.274. The van der Waals surface area contributed by atoms with Crippen LogP contribution in [0.5, 0.6) is 5.75 Å².